The molecule has 0 aliphatic carbocycles. The van der Waals surface area contributed by atoms with E-state index in [0.29, 0.717) is 6.61 Å². The monoisotopic (exact) mass is 175 g/mol. The van der Waals surface area contributed by atoms with E-state index in [2.05, 4.69) is 11.8 Å². The zero-order valence-electron chi connectivity index (χ0n) is 7.12. The van der Waals surface area contributed by atoms with E-state index in [9.17, 15) is 0 Å². The standard InChI is InChI=1S/C8H17NOS/c1-8-2-3-9(4-6-10)5-7-11-8/h8,10H,2-7H2,1H3. The van der Waals surface area contributed by atoms with Crippen LogP contribution in [0.5, 0.6) is 0 Å². The van der Waals surface area contributed by atoms with E-state index >= 15 is 0 Å². The second kappa shape index (κ2) is 5.01. The average Bonchev–Trinajstić information content (AvgIpc) is 2.17. The number of hydrogen-bond donors (Lipinski definition) is 1. The summed E-state index contributed by atoms with van der Waals surface area (Å²) in [5.74, 6) is 1.22. The van der Waals surface area contributed by atoms with Gasteiger partial charge in [-0.1, -0.05) is 6.92 Å². The zero-order valence-corrected chi connectivity index (χ0v) is 7.94. The summed E-state index contributed by atoms with van der Waals surface area (Å²) in [5.41, 5.74) is 0. The van der Waals surface area contributed by atoms with Crippen molar-refractivity contribution < 1.29 is 5.11 Å². The van der Waals surface area contributed by atoms with Crippen molar-refractivity contribution in [2.24, 2.45) is 0 Å². The molecule has 2 nitrogen and oxygen atoms in total. The van der Waals surface area contributed by atoms with Gasteiger partial charge in [0.05, 0.1) is 6.61 Å². The minimum absolute atomic E-state index is 0.305. The van der Waals surface area contributed by atoms with Crippen molar-refractivity contribution in [1.29, 1.82) is 0 Å². The van der Waals surface area contributed by atoms with E-state index in [0.717, 1.165) is 24.9 Å². The maximum absolute atomic E-state index is 8.73. The highest BCUT2D eigenvalue weighted by molar-refractivity contribution is 7.99. The Hall–Kier alpha value is 0.270. The summed E-state index contributed by atoms with van der Waals surface area (Å²) in [4.78, 5) is 2.34. The van der Waals surface area contributed by atoms with Crippen LogP contribution < -0.4 is 0 Å². The van der Waals surface area contributed by atoms with Crippen LogP contribution in [-0.4, -0.2) is 47.3 Å². The third kappa shape index (κ3) is 3.45. The van der Waals surface area contributed by atoms with Crippen molar-refractivity contribution >= 4 is 11.8 Å². The molecule has 1 rings (SSSR count). The van der Waals surface area contributed by atoms with Gasteiger partial charge in [0.2, 0.25) is 0 Å². The Morgan fingerprint density at radius 1 is 1.55 bits per heavy atom. The Balaban J connectivity index is 2.22. The Labute approximate surface area is 73.0 Å². The topological polar surface area (TPSA) is 23.5 Å². The molecule has 0 radical (unpaired) electrons. The lowest BCUT2D eigenvalue weighted by molar-refractivity contribution is 0.204. The summed E-state index contributed by atoms with van der Waals surface area (Å²) < 4.78 is 0. The number of aliphatic hydroxyl groups excluding tert-OH is 1. The van der Waals surface area contributed by atoms with Crippen LogP contribution >= 0.6 is 11.8 Å². The van der Waals surface area contributed by atoms with E-state index in [-0.39, 0.29) is 0 Å². The summed E-state index contributed by atoms with van der Waals surface area (Å²) in [7, 11) is 0. The lowest BCUT2D eigenvalue weighted by Crippen LogP contribution is -2.29. The molecule has 3 heteroatoms. The SMILES string of the molecule is CC1CCN(CCO)CCS1. The minimum atomic E-state index is 0.305. The van der Waals surface area contributed by atoms with Gasteiger partial charge in [0, 0.05) is 24.1 Å². The molecule has 11 heavy (non-hydrogen) atoms. The molecule has 0 saturated carbocycles. The maximum atomic E-state index is 8.73. The molecule has 66 valence electrons. The van der Waals surface area contributed by atoms with E-state index < -0.39 is 0 Å². The van der Waals surface area contributed by atoms with Gasteiger partial charge in [-0.3, -0.25) is 0 Å². The molecule has 1 aliphatic rings. The van der Waals surface area contributed by atoms with Gasteiger partial charge < -0.3 is 10.0 Å². The van der Waals surface area contributed by atoms with Gasteiger partial charge in [-0.15, -0.1) is 0 Å². The first-order valence-corrected chi connectivity index (χ1v) is 5.32. The van der Waals surface area contributed by atoms with Crippen molar-refractivity contribution in [3.05, 3.63) is 0 Å². The lowest BCUT2D eigenvalue weighted by atomic mass is 10.3. The number of rotatable bonds is 2. The van der Waals surface area contributed by atoms with E-state index in [1.165, 1.54) is 12.2 Å². The Kier molecular flexibility index (Phi) is 4.26. The van der Waals surface area contributed by atoms with Crippen LogP contribution in [0.3, 0.4) is 0 Å². The van der Waals surface area contributed by atoms with Gasteiger partial charge >= 0.3 is 0 Å². The van der Waals surface area contributed by atoms with Crippen LogP contribution in [0.15, 0.2) is 0 Å². The van der Waals surface area contributed by atoms with Crippen molar-refractivity contribution in [2.75, 3.05) is 32.0 Å². The van der Waals surface area contributed by atoms with Crippen LogP contribution in [0.4, 0.5) is 0 Å². The van der Waals surface area contributed by atoms with Crippen molar-refractivity contribution in [3.63, 3.8) is 0 Å². The molecule has 0 aromatic carbocycles. The summed E-state index contributed by atoms with van der Waals surface area (Å²) >= 11 is 2.05. The maximum Gasteiger partial charge on any atom is 0.0558 e. The molecule has 0 aromatic rings. The number of nitrogens with zero attached hydrogens (tertiary/aromatic N) is 1. The summed E-state index contributed by atoms with van der Waals surface area (Å²) in [6.07, 6.45) is 1.27. The molecule has 1 fully saturated rings. The van der Waals surface area contributed by atoms with Crippen LogP contribution in [0, 0.1) is 0 Å². The summed E-state index contributed by atoms with van der Waals surface area (Å²) in [5, 5.41) is 9.53. The van der Waals surface area contributed by atoms with Crippen molar-refractivity contribution in [2.45, 2.75) is 18.6 Å². The number of hydrogen-bond acceptors (Lipinski definition) is 3. The third-order valence-electron chi connectivity index (χ3n) is 2.08. The summed E-state index contributed by atoms with van der Waals surface area (Å²) in [6.45, 7) is 5.75. The second-order valence-corrected chi connectivity index (χ2v) is 4.58. The van der Waals surface area contributed by atoms with E-state index in [1.807, 2.05) is 11.8 Å². The molecule has 0 bridgehead atoms. The first-order valence-electron chi connectivity index (χ1n) is 4.27. The predicted molar refractivity (Wildman–Crippen MR) is 50.1 cm³/mol. The molecule has 0 aromatic heterocycles. The lowest BCUT2D eigenvalue weighted by Gasteiger charge is -2.17. The summed E-state index contributed by atoms with van der Waals surface area (Å²) in [6, 6.07) is 0. The molecule has 1 atom stereocenters. The molecule has 1 aliphatic heterocycles. The first kappa shape index (κ1) is 9.36. The largest absolute Gasteiger partial charge is 0.395 e. The molecule has 1 unspecified atom stereocenters. The molecule has 1 N–H and O–H groups in total. The van der Waals surface area contributed by atoms with Gasteiger partial charge in [-0.05, 0) is 13.0 Å². The van der Waals surface area contributed by atoms with Crippen LogP contribution in [0.2, 0.25) is 0 Å². The van der Waals surface area contributed by atoms with Crippen LogP contribution in [0.25, 0.3) is 0 Å². The van der Waals surface area contributed by atoms with Crippen LogP contribution in [-0.2, 0) is 0 Å². The molecule has 1 saturated heterocycles. The predicted octanol–water partition coefficient (Wildman–Crippen LogP) is 0.806. The van der Waals surface area contributed by atoms with Crippen LogP contribution in [0.1, 0.15) is 13.3 Å². The quantitative estimate of drug-likeness (QED) is 0.672. The fourth-order valence-electron chi connectivity index (χ4n) is 1.31. The van der Waals surface area contributed by atoms with E-state index in [4.69, 9.17) is 5.11 Å². The minimum Gasteiger partial charge on any atom is -0.395 e. The van der Waals surface area contributed by atoms with Crippen molar-refractivity contribution in [3.8, 4) is 0 Å². The smallest absolute Gasteiger partial charge is 0.0558 e. The Morgan fingerprint density at radius 3 is 3.09 bits per heavy atom. The molecule has 0 amide bonds. The normalized spacial score (nSPS) is 28.4. The fraction of sp³-hybridized carbons (Fsp3) is 1.00. The average molecular weight is 175 g/mol. The number of aliphatic hydroxyl groups is 1. The Bertz CT molecular complexity index is 110. The van der Waals surface area contributed by atoms with Crippen molar-refractivity contribution in [1.82, 2.24) is 4.90 Å². The second-order valence-electron chi connectivity index (χ2n) is 3.04. The van der Waals surface area contributed by atoms with E-state index in [1.54, 1.807) is 0 Å². The fourth-order valence-corrected chi connectivity index (χ4v) is 2.35. The van der Waals surface area contributed by atoms with Gasteiger partial charge in [-0.2, -0.15) is 11.8 Å². The first-order chi connectivity index (χ1) is 5.33. The van der Waals surface area contributed by atoms with Gasteiger partial charge in [0.15, 0.2) is 0 Å². The molecular weight excluding hydrogens is 158 g/mol. The molecule has 0 spiro atoms. The highest BCUT2D eigenvalue weighted by atomic mass is 32.2. The number of β-amino-alcohol motifs (C(OH)–C–C–N with tert-alkyl or cyclic N) is 1. The van der Waals surface area contributed by atoms with Gasteiger partial charge in [0.25, 0.3) is 0 Å². The zero-order chi connectivity index (χ0) is 8.10. The highest BCUT2D eigenvalue weighted by Crippen LogP contribution is 2.17. The van der Waals surface area contributed by atoms with Gasteiger partial charge in [0.1, 0.15) is 0 Å². The highest BCUT2D eigenvalue weighted by Gasteiger charge is 2.12. The molecule has 1 heterocycles. The third-order valence-corrected chi connectivity index (χ3v) is 3.30. The van der Waals surface area contributed by atoms with Gasteiger partial charge in [-0.25, -0.2) is 0 Å². The Morgan fingerprint density at radius 2 is 2.36 bits per heavy atom. The number of thioether (sulfide) groups is 1. The molecular formula is C8H17NOS.